The van der Waals surface area contributed by atoms with E-state index in [0.717, 1.165) is 15.7 Å². The minimum atomic E-state index is -0.712. The molecular formula is C16H12BrCl2NO. The number of anilines is 1. The molecule has 3 rings (SSSR count). The monoisotopic (exact) mass is 383 g/mol. The second kappa shape index (κ2) is 5.64. The molecule has 0 radical (unpaired) electrons. The summed E-state index contributed by atoms with van der Waals surface area (Å²) in [6.07, 6.45) is 0.708. The number of carbonyl (C=O) groups excluding carboxylic acids is 1. The number of amides is 1. The van der Waals surface area contributed by atoms with Crippen LogP contribution in [0.1, 0.15) is 28.3 Å². The summed E-state index contributed by atoms with van der Waals surface area (Å²) < 4.78 is 0.155. The second-order valence-electron chi connectivity index (χ2n) is 5.07. The van der Waals surface area contributed by atoms with Crippen LogP contribution in [0.2, 0.25) is 0 Å². The van der Waals surface area contributed by atoms with E-state index in [1.165, 1.54) is 0 Å². The van der Waals surface area contributed by atoms with Gasteiger partial charge in [-0.05, 0) is 36.2 Å². The molecule has 2 aromatic carbocycles. The fourth-order valence-electron chi connectivity index (χ4n) is 2.29. The molecular weight excluding hydrogens is 373 g/mol. The van der Waals surface area contributed by atoms with E-state index in [4.69, 9.17) is 23.2 Å². The normalized spacial score (nSPS) is 19.1. The van der Waals surface area contributed by atoms with Crippen LogP contribution in [-0.2, 0) is 0 Å². The Kier molecular flexibility index (Phi) is 4.00. The van der Waals surface area contributed by atoms with Gasteiger partial charge in [0.1, 0.15) is 4.33 Å². The van der Waals surface area contributed by atoms with Gasteiger partial charge in [0, 0.05) is 21.6 Å². The van der Waals surface area contributed by atoms with Crippen molar-refractivity contribution in [2.24, 2.45) is 0 Å². The van der Waals surface area contributed by atoms with Gasteiger partial charge < -0.3 is 5.32 Å². The van der Waals surface area contributed by atoms with Crippen LogP contribution in [0, 0.1) is 0 Å². The Morgan fingerprint density at radius 3 is 2.57 bits per heavy atom. The molecule has 0 unspecified atom stereocenters. The number of carbonyl (C=O) groups is 1. The lowest BCUT2D eigenvalue weighted by molar-refractivity contribution is 0.102. The van der Waals surface area contributed by atoms with E-state index in [1.54, 1.807) is 12.1 Å². The van der Waals surface area contributed by atoms with Crippen molar-refractivity contribution in [3.05, 3.63) is 64.1 Å². The van der Waals surface area contributed by atoms with Crippen molar-refractivity contribution < 1.29 is 4.79 Å². The van der Waals surface area contributed by atoms with Gasteiger partial charge in [-0.2, -0.15) is 0 Å². The van der Waals surface area contributed by atoms with Crippen molar-refractivity contribution in [1.29, 1.82) is 0 Å². The first-order chi connectivity index (χ1) is 9.97. The van der Waals surface area contributed by atoms with E-state index >= 15 is 0 Å². The number of hydrogen-bond acceptors (Lipinski definition) is 1. The molecule has 1 N–H and O–H groups in total. The molecule has 1 saturated carbocycles. The minimum Gasteiger partial charge on any atom is -0.322 e. The molecule has 0 heterocycles. The summed E-state index contributed by atoms with van der Waals surface area (Å²) in [4.78, 5) is 12.3. The van der Waals surface area contributed by atoms with Gasteiger partial charge in [0.05, 0.1) is 0 Å². The zero-order valence-electron chi connectivity index (χ0n) is 10.9. The van der Waals surface area contributed by atoms with Crippen molar-refractivity contribution in [2.45, 2.75) is 16.7 Å². The summed E-state index contributed by atoms with van der Waals surface area (Å²) in [6.45, 7) is 0. The Balaban J connectivity index is 1.84. The Morgan fingerprint density at radius 1 is 1.19 bits per heavy atom. The first kappa shape index (κ1) is 14.9. The number of rotatable bonds is 3. The third kappa shape index (κ3) is 3.25. The molecule has 0 saturated heterocycles. The highest BCUT2D eigenvalue weighted by Gasteiger charge is 2.53. The maximum absolute atomic E-state index is 12.3. The highest BCUT2D eigenvalue weighted by Crippen LogP contribution is 2.60. The molecule has 2 aromatic rings. The molecule has 0 bridgehead atoms. The SMILES string of the molecule is O=C(Nc1ccccc1[C@@H]1CC1(Cl)Cl)c1cccc(Br)c1. The lowest BCUT2D eigenvalue weighted by Gasteiger charge is -2.11. The van der Waals surface area contributed by atoms with Crippen LogP contribution in [0.4, 0.5) is 5.69 Å². The fraction of sp³-hybridized carbons (Fsp3) is 0.188. The van der Waals surface area contributed by atoms with E-state index in [-0.39, 0.29) is 11.8 Å². The number of halogens is 3. The van der Waals surface area contributed by atoms with E-state index in [9.17, 15) is 4.79 Å². The first-order valence-corrected chi connectivity index (χ1v) is 8.06. The molecule has 1 fully saturated rings. The molecule has 1 aliphatic rings. The number of alkyl halides is 2. The van der Waals surface area contributed by atoms with Gasteiger partial charge in [-0.25, -0.2) is 0 Å². The third-order valence-corrected chi connectivity index (χ3v) is 4.83. The number of hydrogen-bond donors (Lipinski definition) is 1. The highest BCUT2D eigenvalue weighted by molar-refractivity contribution is 9.10. The summed E-state index contributed by atoms with van der Waals surface area (Å²) in [5.74, 6) is -0.0843. The zero-order chi connectivity index (χ0) is 15.0. The van der Waals surface area contributed by atoms with Crippen LogP contribution in [0.5, 0.6) is 0 Å². The predicted octanol–water partition coefficient (Wildman–Crippen LogP) is 5.36. The maximum Gasteiger partial charge on any atom is 0.255 e. The summed E-state index contributed by atoms with van der Waals surface area (Å²) in [5.41, 5.74) is 2.33. The molecule has 0 spiro atoms. The zero-order valence-corrected chi connectivity index (χ0v) is 14.0. The molecule has 1 aliphatic carbocycles. The molecule has 0 aliphatic heterocycles. The second-order valence-corrected chi connectivity index (χ2v) is 7.53. The number of nitrogens with one attached hydrogen (secondary N) is 1. The molecule has 0 aromatic heterocycles. The average molecular weight is 385 g/mol. The van der Waals surface area contributed by atoms with Gasteiger partial charge in [-0.15, -0.1) is 23.2 Å². The van der Waals surface area contributed by atoms with Crippen molar-refractivity contribution in [3.8, 4) is 0 Å². The quantitative estimate of drug-likeness (QED) is 0.708. The lowest BCUT2D eigenvalue weighted by Crippen LogP contribution is -2.13. The van der Waals surface area contributed by atoms with Crippen molar-refractivity contribution in [3.63, 3.8) is 0 Å². The number of para-hydroxylation sites is 1. The molecule has 1 atom stereocenters. The van der Waals surface area contributed by atoms with Crippen LogP contribution in [-0.4, -0.2) is 10.2 Å². The Hall–Kier alpha value is -1.03. The van der Waals surface area contributed by atoms with E-state index in [0.29, 0.717) is 12.0 Å². The van der Waals surface area contributed by atoms with Crippen LogP contribution in [0.3, 0.4) is 0 Å². The van der Waals surface area contributed by atoms with Crippen molar-refractivity contribution in [1.82, 2.24) is 0 Å². The summed E-state index contributed by atoms with van der Waals surface area (Å²) in [5, 5.41) is 2.94. The summed E-state index contributed by atoms with van der Waals surface area (Å²) in [7, 11) is 0. The van der Waals surface area contributed by atoms with Gasteiger partial charge in [0.2, 0.25) is 0 Å². The Bertz CT molecular complexity index is 702. The van der Waals surface area contributed by atoms with Crippen LogP contribution in [0.25, 0.3) is 0 Å². The van der Waals surface area contributed by atoms with Gasteiger partial charge in [0.15, 0.2) is 0 Å². The van der Waals surface area contributed by atoms with Crippen LogP contribution in [0.15, 0.2) is 53.0 Å². The molecule has 108 valence electrons. The first-order valence-electron chi connectivity index (χ1n) is 6.51. The third-order valence-electron chi connectivity index (χ3n) is 3.50. The molecule has 21 heavy (non-hydrogen) atoms. The molecule has 5 heteroatoms. The van der Waals surface area contributed by atoms with Crippen molar-refractivity contribution >= 4 is 50.7 Å². The van der Waals surface area contributed by atoms with Gasteiger partial charge >= 0.3 is 0 Å². The van der Waals surface area contributed by atoms with E-state index in [2.05, 4.69) is 21.2 Å². The lowest BCUT2D eigenvalue weighted by atomic mass is 10.1. The minimum absolute atomic E-state index is 0.0693. The predicted molar refractivity (Wildman–Crippen MR) is 90.3 cm³/mol. The Labute approximate surface area is 141 Å². The van der Waals surface area contributed by atoms with Crippen molar-refractivity contribution in [2.75, 3.05) is 5.32 Å². The number of benzene rings is 2. The largest absolute Gasteiger partial charge is 0.322 e. The summed E-state index contributed by atoms with van der Waals surface area (Å²) >= 11 is 15.6. The van der Waals surface area contributed by atoms with E-state index in [1.807, 2.05) is 36.4 Å². The van der Waals surface area contributed by atoms with Gasteiger partial charge in [-0.3, -0.25) is 4.79 Å². The van der Waals surface area contributed by atoms with E-state index < -0.39 is 4.33 Å². The smallest absolute Gasteiger partial charge is 0.255 e. The standard InChI is InChI=1S/C16H12BrCl2NO/c17-11-5-3-4-10(8-11)15(21)20-14-7-2-1-6-12(14)13-9-16(13,18)19/h1-8,13H,9H2,(H,20,21)/t13-/m0/s1. The fourth-order valence-corrected chi connectivity index (χ4v) is 3.23. The van der Waals surface area contributed by atoms with Gasteiger partial charge in [0.25, 0.3) is 5.91 Å². The highest BCUT2D eigenvalue weighted by atomic mass is 79.9. The average Bonchev–Trinajstić information content (AvgIpc) is 3.08. The summed E-state index contributed by atoms with van der Waals surface area (Å²) in [6, 6.07) is 14.9. The molecule has 2 nitrogen and oxygen atoms in total. The van der Waals surface area contributed by atoms with Crippen LogP contribution < -0.4 is 5.32 Å². The topological polar surface area (TPSA) is 29.1 Å². The maximum atomic E-state index is 12.3. The van der Waals surface area contributed by atoms with Crippen LogP contribution >= 0.6 is 39.1 Å². The Morgan fingerprint density at radius 2 is 1.90 bits per heavy atom. The van der Waals surface area contributed by atoms with Gasteiger partial charge in [-0.1, -0.05) is 40.2 Å². The molecule has 1 amide bonds.